The van der Waals surface area contributed by atoms with E-state index in [1.54, 1.807) is 0 Å². The summed E-state index contributed by atoms with van der Waals surface area (Å²) in [7, 11) is 0. The zero-order chi connectivity index (χ0) is 10.7. The van der Waals surface area contributed by atoms with E-state index in [0.29, 0.717) is 18.1 Å². The Bertz CT molecular complexity index is 381. The Morgan fingerprint density at radius 3 is 2.80 bits per heavy atom. The lowest BCUT2D eigenvalue weighted by Crippen LogP contribution is -2.15. The lowest BCUT2D eigenvalue weighted by Gasteiger charge is -2.23. The van der Waals surface area contributed by atoms with Crippen LogP contribution in [0.15, 0.2) is 36.2 Å². The predicted octanol–water partition coefficient (Wildman–Crippen LogP) is 2.86. The van der Waals surface area contributed by atoms with Crippen molar-refractivity contribution in [3.63, 3.8) is 0 Å². The molecule has 0 spiro atoms. The van der Waals surface area contributed by atoms with Gasteiger partial charge in [0, 0.05) is 18.8 Å². The molecule has 2 heteroatoms. The van der Waals surface area contributed by atoms with E-state index in [9.17, 15) is 4.79 Å². The molecular weight excluding hydrogens is 186 g/mol. The first-order valence-electron chi connectivity index (χ1n) is 5.39. The monoisotopic (exact) mass is 201 g/mol. The molecule has 1 heterocycles. The Kier molecular flexibility index (Phi) is 2.95. The number of carbonyl (C=O) groups is 1. The van der Waals surface area contributed by atoms with Gasteiger partial charge >= 0.3 is 0 Å². The summed E-state index contributed by atoms with van der Waals surface area (Å²) in [6, 6.07) is 4.10. The van der Waals surface area contributed by atoms with E-state index in [-0.39, 0.29) is 0 Å². The van der Waals surface area contributed by atoms with Gasteiger partial charge in [0.05, 0.1) is 0 Å². The molecule has 0 N–H and O–H groups in total. The van der Waals surface area contributed by atoms with Crippen LogP contribution in [0.2, 0.25) is 0 Å². The molecule has 2 rings (SSSR count). The van der Waals surface area contributed by atoms with Crippen molar-refractivity contribution in [2.75, 3.05) is 0 Å². The van der Waals surface area contributed by atoms with Gasteiger partial charge in [0.25, 0.3) is 0 Å². The third-order valence-corrected chi connectivity index (χ3v) is 3.07. The normalized spacial score (nSPS) is 24.5. The molecule has 0 bridgehead atoms. The third kappa shape index (κ3) is 2.14. The molecule has 1 atom stereocenters. The van der Waals surface area contributed by atoms with Gasteiger partial charge in [0.1, 0.15) is 0 Å². The van der Waals surface area contributed by atoms with Gasteiger partial charge < -0.3 is 0 Å². The van der Waals surface area contributed by atoms with Crippen molar-refractivity contribution in [3.05, 3.63) is 41.7 Å². The number of Topliss-reactive ketones (excluding diaryl/α,β-unsaturated/α-hetero) is 1. The molecule has 1 aromatic rings. The number of hydrogen-bond donors (Lipinski definition) is 0. The highest BCUT2D eigenvalue weighted by atomic mass is 16.1. The number of nitrogens with zero attached hydrogens (tertiary/aromatic N) is 1. The second-order valence-corrected chi connectivity index (χ2v) is 3.96. The Morgan fingerprint density at radius 2 is 2.13 bits per heavy atom. The Labute approximate surface area is 90.0 Å². The molecule has 1 saturated carbocycles. The Morgan fingerprint density at radius 1 is 1.40 bits per heavy atom. The van der Waals surface area contributed by atoms with Crippen LogP contribution >= 0.6 is 0 Å². The highest BCUT2D eigenvalue weighted by Crippen LogP contribution is 2.33. The van der Waals surface area contributed by atoms with Crippen molar-refractivity contribution in [2.45, 2.75) is 32.1 Å². The molecular formula is C13H15NO. The average molecular weight is 201 g/mol. The molecule has 1 aliphatic rings. The molecule has 0 aliphatic heterocycles. The van der Waals surface area contributed by atoms with Crippen LogP contribution in [0.1, 0.15) is 37.7 Å². The summed E-state index contributed by atoms with van der Waals surface area (Å²) in [5.41, 5.74) is 2.29. The fraction of sp³-hybridized carbons (Fsp3) is 0.385. The van der Waals surface area contributed by atoms with Crippen molar-refractivity contribution in [1.29, 1.82) is 0 Å². The number of allylic oxidation sites excluding steroid dienone is 2. The number of aromatic nitrogens is 1. The molecule has 15 heavy (non-hydrogen) atoms. The molecule has 0 aromatic carbocycles. The average Bonchev–Trinajstić information content (AvgIpc) is 2.31. The number of rotatable bonds is 1. The van der Waals surface area contributed by atoms with E-state index >= 15 is 0 Å². The molecule has 78 valence electrons. The smallest absolute Gasteiger partial charge is 0.158 e. The molecule has 0 amide bonds. The van der Waals surface area contributed by atoms with E-state index in [1.807, 2.05) is 37.5 Å². The van der Waals surface area contributed by atoms with Gasteiger partial charge in [-0.05, 0) is 49.0 Å². The van der Waals surface area contributed by atoms with Crippen LogP contribution in [0, 0.1) is 0 Å². The number of hydrogen-bond acceptors (Lipinski definition) is 2. The standard InChI is InChI=1S/C13H15NO/c1-2-10-9-12(3-4-13(10)15)11-5-7-14-8-6-11/h2,5-8,12H,3-4,9H2,1H3. The fourth-order valence-electron chi connectivity index (χ4n) is 2.15. The van der Waals surface area contributed by atoms with Gasteiger partial charge in [0.2, 0.25) is 0 Å². The van der Waals surface area contributed by atoms with Crippen LogP contribution < -0.4 is 0 Å². The number of ketones is 1. The predicted molar refractivity (Wildman–Crippen MR) is 59.6 cm³/mol. The van der Waals surface area contributed by atoms with Crippen molar-refractivity contribution >= 4 is 5.78 Å². The SMILES string of the molecule is CC=C1CC(c2ccncc2)CCC1=O. The summed E-state index contributed by atoms with van der Waals surface area (Å²) < 4.78 is 0. The molecule has 1 fully saturated rings. The summed E-state index contributed by atoms with van der Waals surface area (Å²) in [5.74, 6) is 0.819. The first kappa shape index (κ1) is 10.1. The summed E-state index contributed by atoms with van der Waals surface area (Å²) >= 11 is 0. The van der Waals surface area contributed by atoms with Crippen LogP contribution in [0.4, 0.5) is 0 Å². The van der Waals surface area contributed by atoms with E-state index in [1.165, 1.54) is 5.56 Å². The number of carbonyl (C=O) groups excluding carboxylic acids is 1. The molecule has 0 radical (unpaired) electrons. The van der Waals surface area contributed by atoms with Crippen LogP contribution in [-0.4, -0.2) is 10.8 Å². The van der Waals surface area contributed by atoms with Crippen LogP contribution in [-0.2, 0) is 4.79 Å². The third-order valence-electron chi connectivity index (χ3n) is 3.07. The summed E-state index contributed by atoms with van der Waals surface area (Å²) in [4.78, 5) is 15.5. The first-order valence-corrected chi connectivity index (χ1v) is 5.39. The number of pyridine rings is 1. The van der Waals surface area contributed by atoms with Crippen molar-refractivity contribution < 1.29 is 4.79 Å². The topological polar surface area (TPSA) is 30.0 Å². The van der Waals surface area contributed by atoms with Gasteiger partial charge in [-0.1, -0.05) is 6.08 Å². The maximum Gasteiger partial charge on any atom is 0.158 e. The van der Waals surface area contributed by atoms with Gasteiger partial charge in [-0.15, -0.1) is 0 Å². The molecule has 0 saturated heterocycles. The zero-order valence-corrected chi connectivity index (χ0v) is 8.94. The maximum atomic E-state index is 11.5. The highest BCUT2D eigenvalue weighted by Gasteiger charge is 2.23. The largest absolute Gasteiger partial charge is 0.295 e. The second-order valence-electron chi connectivity index (χ2n) is 3.96. The fourth-order valence-corrected chi connectivity index (χ4v) is 2.15. The lowest BCUT2D eigenvalue weighted by molar-refractivity contribution is -0.116. The lowest BCUT2D eigenvalue weighted by atomic mass is 9.81. The summed E-state index contributed by atoms with van der Waals surface area (Å²) in [6.45, 7) is 1.95. The molecule has 1 aromatic heterocycles. The van der Waals surface area contributed by atoms with Gasteiger partial charge in [-0.25, -0.2) is 0 Å². The van der Waals surface area contributed by atoms with E-state index in [0.717, 1.165) is 18.4 Å². The van der Waals surface area contributed by atoms with Gasteiger partial charge in [0.15, 0.2) is 5.78 Å². The Hall–Kier alpha value is -1.44. The minimum Gasteiger partial charge on any atom is -0.295 e. The van der Waals surface area contributed by atoms with E-state index < -0.39 is 0 Å². The molecule has 1 unspecified atom stereocenters. The first-order chi connectivity index (χ1) is 7.31. The summed E-state index contributed by atoms with van der Waals surface area (Å²) in [6.07, 6.45) is 8.14. The Balaban J connectivity index is 2.17. The van der Waals surface area contributed by atoms with Gasteiger partial charge in [-0.3, -0.25) is 9.78 Å². The van der Waals surface area contributed by atoms with Crippen LogP contribution in [0.25, 0.3) is 0 Å². The second kappa shape index (κ2) is 4.39. The molecule has 2 nitrogen and oxygen atoms in total. The quantitative estimate of drug-likeness (QED) is 0.654. The molecule has 1 aliphatic carbocycles. The minimum absolute atomic E-state index is 0.322. The van der Waals surface area contributed by atoms with Crippen LogP contribution in [0.3, 0.4) is 0 Å². The minimum atomic E-state index is 0.322. The summed E-state index contributed by atoms with van der Waals surface area (Å²) in [5, 5.41) is 0. The maximum absolute atomic E-state index is 11.5. The van der Waals surface area contributed by atoms with E-state index in [2.05, 4.69) is 4.98 Å². The van der Waals surface area contributed by atoms with Crippen molar-refractivity contribution in [2.24, 2.45) is 0 Å². The van der Waals surface area contributed by atoms with Crippen LogP contribution in [0.5, 0.6) is 0 Å². The van der Waals surface area contributed by atoms with Crippen molar-refractivity contribution in [3.8, 4) is 0 Å². The van der Waals surface area contributed by atoms with Gasteiger partial charge in [-0.2, -0.15) is 0 Å². The van der Waals surface area contributed by atoms with Crippen molar-refractivity contribution in [1.82, 2.24) is 4.98 Å². The van der Waals surface area contributed by atoms with E-state index in [4.69, 9.17) is 0 Å². The zero-order valence-electron chi connectivity index (χ0n) is 8.94. The highest BCUT2D eigenvalue weighted by molar-refractivity contribution is 5.96.